The summed E-state index contributed by atoms with van der Waals surface area (Å²) in [7, 11) is 2.06. The Morgan fingerprint density at radius 2 is 1.82 bits per heavy atom. The Labute approximate surface area is 227 Å². The van der Waals surface area contributed by atoms with Gasteiger partial charge in [0.05, 0.1) is 6.42 Å². The fourth-order valence-corrected chi connectivity index (χ4v) is 4.99. The third-order valence-electron chi connectivity index (χ3n) is 7.50. The molecule has 1 amide bonds. The molecule has 2 rings (SSSR count). The second-order valence-corrected chi connectivity index (χ2v) is 11.3. The van der Waals surface area contributed by atoms with Crippen LogP contribution in [0.3, 0.4) is 0 Å². The molecule has 38 heavy (non-hydrogen) atoms. The number of amides is 1. The van der Waals surface area contributed by atoms with Crippen molar-refractivity contribution in [1.29, 1.82) is 0 Å². The summed E-state index contributed by atoms with van der Waals surface area (Å²) < 4.78 is 13.5. The monoisotopic (exact) mass is 525 g/mol. The quantitative estimate of drug-likeness (QED) is 0.206. The Morgan fingerprint density at radius 1 is 1.21 bits per heavy atom. The first kappa shape index (κ1) is 31.2. The van der Waals surface area contributed by atoms with E-state index in [1.54, 1.807) is 31.2 Å². The molecule has 1 aliphatic rings. The number of carbonyl (C=O) groups excluding carboxylic acids is 1. The molecule has 1 aromatic rings. The average molecular weight is 526 g/mol. The summed E-state index contributed by atoms with van der Waals surface area (Å²) in [6, 6.07) is 6.46. The minimum absolute atomic E-state index is 0.0759. The molecule has 7 heteroatoms. The van der Waals surface area contributed by atoms with Gasteiger partial charge in [0.15, 0.2) is 0 Å². The SMILES string of the molecule is C=C(/C=C\C(=C/C)C(=O)NCCC(=O)O)CN(C)C1(/N=C(\C)c2ccc(F)cc2)CCC(C(C)(C)C)CC1. The van der Waals surface area contributed by atoms with Gasteiger partial charge in [0, 0.05) is 24.4 Å². The summed E-state index contributed by atoms with van der Waals surface area (Å²) in [5.41, 5.74) is 2.89. The van der Waals surface area contributed by atoms with E-state index in [1.807, 2.05) is 13.0 Å². The van der Waals surface area contributed by atoms with Gasteiger partial charge >= 0.3 is 5.97 Å². The Bertz CT molecular complexity index is 1070. The molecule has 0 heterocycles. The molecule has 0 aliphatic heterocycles. The molecule has 6 nitrogen and oxygen atoms in total. The molecule has 1 aromatic carbocycles. The topological polar surface area (TPSA) is 82.0 Å². The lowest BCUT2D eigenvalue weighted by atomic mass is 9.69. The molecule has 0 atom stereocenters. The Kier molecular flexibility index (Phi) is 11.2. The van der Waals surface area contributed by atoms with Crippen LogP contribution in [0.4, 0.5) is 4.39 Å². The summed E-state index contributed by atoms with van der Waals surface area (Å²) in [4.78, 5) is 30.6. The van der Waals surface area contributed by atoms with E-state index in [1.165, 1.54) is 12.1 Å². The Hall–Kier alpha value is -3.06. The highest BCUT2D eigenvalue weighted by Crippen LogP contribution is 2.44. The molecule has 0 saturated heterocycles. The molecule has 0 unspecified atom stereocenters. The molecule has 2 N–H and O–H groups in total. The first-order valence-corrected chi connectivity index (χ1v) is 13.3. The van der Waals surface area contributed by atoms with E-state index >= 15 is 0 Å². The second-order valence-electron chi connectivity index (χ2n) is 11.3. The highest BCUT2D eigenvalue weighted by Gasteiger charge is 2.41. The number of hydrogen-bond acceptors (Lipinski definition) is 4. The van der Waals surface area contributed by atoms with Crippen LogP contribution in [0.15, 0.2) is 65.2 Å². The van der Waals surface area contributed by atoms with Gasteiger partial charge in [0.25, 0.3) is 5.91 Å². The lowest BCUT2D eigenvalue weighted by Crippen LogP contribution is -2.49. The third kappa shape index (κ3) is 9.05. The van der Waals surface area contributed by atoms with Gasteiger partial charge in [-0.1, -0.05) is 51.6 Å². The number of likely N-dealkylation sites (N-methyl/N-ethyl adjacent to an activating group) is 1. The van der Waals surface area contributed by atoms with Crippen LogP contribution in [0.25, 0.3) is 0 Å². The Morgan fingerprint density at radius 3 is 2.34 bits per heavy atom. The average Bonchev–Trinajstić information content (AvgIpc) is 2.84. The van der Waals surface area contributed by atoms with Crippen molar-refractivity contribution in [2.24, 2.45) is 16.3 Å². The zero-order chi connectivity index (χ0) is 28.5. The number of carboxylic acid groups (broad SMARTS) is 1. The molecule has 0 bridgehead atoms. The lowest BCUT2D eigenvalue weighted by molar-refractivity contribution is -0.136. The van der Waals surface area contributed by atoms with E-state index in [-0.39, 0.29) is 30.1 Å². The highest BCUT2D eigenvalue weighted by atomic mass is 19.1. The summed E-state index contributed by atoms with van der Waals surface area (Å²) >= 11 is 0. The number of nitrogens with one attached hydrogen (secondary N) is 1. The van der Waals surface area contributed by atoms with Crippen molar-refractivity contribution >= 4 is 17.6 Å². The van der Waals surface area contributed by atoms with Crippen LogP contribution in [-0.2, 0) is 9.59 Å². The summed E-state index contributed by atoms with van der Waals surface area (Å²) in [5.74, 6) is -0.923. The molecular weight excluding hydrogens is 481 g/mol. The maximum atomic E-state index is 13.5. The van der Waals surface area contributed by atoms with Gasteiger partial charge in [-0.25, -0.2) is 4.39 Å². The van der Waals surface area contributed by atoms with E-state index in [4.69, 9.17) is 10.1 Å². The molecule has 208 valence electrons. The van der Waals surface area contributed by atoms with E-state index in [0.29, 0.717) is 18.0 Å². The number of benzene rings is 1. The van der Waals surface area contributed by atoms with Gasteiger partial charge in [-0.15, -0.1) is 0 Å². The smallest absolute Gasteiger partial charge is 0.305 e. The lowest BCUT2D eigenvalue weighted by Gasteiger charge is -2.47. The number of carboxylic acids is 1. The van der Waals surface area contributed by atoms with Crippen LogP contribution in [0.5, 0.6) is 0 Å². The van der Waals surface area contributed by atoms with E-state index < -0.39 is 11.6 Å². The van der Waals surface area contributed by atoms with Crippen LogP contribution in [0.2, 0.25) is 0 Å². The minimum atomic E-state index is -0.956. The van der Waals surface area contributed by atoms with Gasteiger partial charge in [0.1, 0.15) is 11.5 Å². The first-order valence-electron chi connectivity index (χ1n) is 13.3. The van der Waals surface area contributed by atoms with Crippen LogP contribution in [0.1, 0.15) is 72.3 Å². The molecule has 1 fully saturated rings. The zero-order valence-electron chi connectivity index (χ0n) is 23.8. The normalized spacial score (nSPS) is 21.1. The molecule has 1 aliphatic carbocycles. The van der Waals surface area contributed by atoms with Gasteiger partial charge < -0.3 is 10.4 Å². The van der Waals surface area contributed by atoms with Crippen molar-refractivity contribution in [3.63, 3.8) is 0 Å². The van der Waals surface area contributed by atoms with E-state index in [9.17, 15) is 14.0 Å². The van der Waals surface area contributed by atoms with Crippen molar-refractivity contribution in [2.45, 2.75) is 72.4 Å². The van der Waals surface area contributed by atoms with Crippen molar-refractivity contribution in [3.8, 4) is 0 Å². The van der Waals surface area contributed by atoms with Gasteiger partial charge in [-0.2, -0.15) is 0 Å². The number of halogens is 1. The van der Waals surface area contributed by atoms with Crippen molar-refractivity contribution in [3.05, 3.63) is 71.6 Å². The van der Waals surface area contributed by atoms with E-state index in [0.717, 1.165) is 42.5 Å². The number of rotatable bonds is 11. The maximum absolute atomic E-state index is 13.5. The molecule has 0 spiro atoms. The highest BCUT2D eigenvalue weighted by molar-refractivity contribution is 5.99. The summed E-state index contributed by atoms with van der Waals surface area (Å²) in [6.07, 6.45) is 9.05. The molecule has 0 aromatic heterocycles. The number of allylic oxidation sites excluding steroid dienone is 1. The number of carbonyl (C=O) groups is 2. The number of hydrogen-bond donors (Lipinski definition) is 2. The van der Waals surface area contributed by atoms with Crippen LogP contribution in [-0.4, -0.2) is 53.4 Å². The maximum Gasteiger partial charge on any atom is 0.305 e. The van der Waals surface area contributed by atoms with Gasteiger partial charge in [0.2, 0.25) is 0 Å². The predicted molar refractivity (Wildman–Crippen MR) is 153 cm³/mol. The fraction of sp³-hybridized carbons (Fsp3) is 0.516. The largest absolute Gasteiger partial charge is 0.481 e. The number of aliphatic imine (C=N–C) groups is 1. The van der Waals surface area contributed by atoms with Crippen molar-refractivity contribution in [1.82, 2.24) is 10.2 Å². The van der Waals surface area contributed by atoms with Gasteiger partial charge in [-0.3, -0.25) is 19.5 Å². The minimum Gasteiger partial charge on any atom is -0.481 e. The Balaban J connectivity index is 2.20. The second kappa shape index (κ2) is 13.7. The van der Waals surface area contributed by atoms with Crippen molar-refractivity contribution in [2.75, 3.05) is 20.1 Å². The fourth-order valence-electron chi connectivity index (χ4n) is 4.99. The number of aliphatic carboxylic acids is 1. The van der Waals surface area contributed by atoms with Crippen molar-refractivity contribution < 1.29 is 19.1 Å². The standard InChI is InChI=1S/C31H44FN3O3/c1-8-24(29(38)33-20-17-28(36)37)10-9-22(2)21-35(7)31(18-15-26(16-19-31)30(4,5)6)34-23(3)25-11-13-27(32)14-12-25/h8-14,26H,2,15-21H2,1,3-7H3,(H,33,38)(H,36,37)/b10-9-,24-8+,34-23+. The van der Waals surface area contributed by atoms with Crippen LogP contribution < -0.4 is 5.32 Å². The third-order valence-corrected chi connectivity index (χ3v) is 7.50. The van der Waals surface area contributed by atoms with Crippen LogP contribution >= 0.6 is 0 Å². The molecule has 1 saturated carbocycles. The van der Waals surface area contributed by atoms with Gasteiger partial charge in [-0.05, 0) is 87.3 Å². The zero-order valence-corrected chi connectivity index (χ0v) is 23.8. The molecule has 0 radical (unpaired) electrons. The van der Waals surface area contributed by atoms with E-state index in [2.05, 4.69) is 44.6 Å². The molecular formula is C31H44FN3O3. The predicted octanol–water partition coefficient (Wildman–Crippen LogP) is 6.15. The van der Waals surface area contributed by atoms with Crippen LogP contribution in [0, 0.1) is 17.2 Å². The summed E-state index contributed by atoms with van der Waals surface area (Å²) in [5, 5.41) is 11.4. The number of nitrogens with zero attached hydrogens (tertiary/aromatic N) is 2. The summed E-state index contributed by atoms with van der Waals surface area (Å²) in [6.45, 7) is 15.5. The first-order chi connectivity index (χ1) is 17.8.